The first-order chi connectivity index (χ1) is 9.51. The fourth-order valence-electron chi connectivity index (χ4n) is 3.48. The van der Waals surface area contributed by atoms with Gasteiger partial charge in [-0.15, -0.1) is 0 Å². The van der Waals surface area contributed by atoms with Crippen molar-refractivity contribution in [3.8, 4) is 0 Å². The number of nitrogens with zero attached hydrogens (tertiary/aromatic N) is 2. The third-order valence-corrected chi connectivity index (χ3v) is 5.10. The Hall–Kier alpha value is -1.51. The number of rotatable bonds is 2. The van der Waals surface area contributed by atoms with Crippen LogP contribution in [0.25, 0.3) is 0 Å². The number of hydrogen-bond acceptors (Lipinski definition) is 3. The molecule has 1 aliphatic carbocycles. The normalized spacial score (nSPS) is 23.9. The minimum Gasteiger partial charge on any atom is -0.370 e. The molecule has 1 saturated carbocycles. The van der Waals surface area contributed by atoms with Gasteiger partial charge in [0.2, 0.25) is 0 Å². The van der Waals surface area contributed by atoms with Crippen LogP contribution < -0.4 is 5.73 Å². The predicted octanol–water partition coefficient (Wildman–Crippen LogP) is 3.16. The zero-order chi connectivity index (χ0) is 14.2. The van der Waals surface area contributed by atoms with E-state index in [1.807, 2.05) is 0 Å². The quantitative estimate of drug-likeness (QED) is 0.897. The van der Waals surface area contributed by atoms with Gasteiger partial charge < -0.3 is 10.6 Å². The lowest BCUT2D eigenvalue weighted by atomic mass is 9.69. The zero-order valence-corrected chi connectivity index (χ0v) is 12.6. The van der Waals surface area contributed by atoms with Gasteiger partial charge in [-0.3, -0.25) is 4.99 Å². The van der Waals surface area contributed by atoms with E-state index in [0.717, 1.165) is 19.0 Å². The Morgan fingerprint density at radius 1 is 1.10 bits per heavy atom. The minimum atomic E-state index is 0.176. The fraction of sp³-hybridized carbons (Fsp3) is 0.588. The summed E-state index contributed by atoms with van der Waals surface area (Å²) in [7, 11) is 0. The molecule has 0 atom stereocenters. The van der Waals surface area contributed by atoms with Crippen LogP contribution in [0.15, 0.2) is 35.3 Å². The second kappa shape index (κ2) is 4.80. The van der Waals surface area contributed by atoms with Gasteiger partial charge in [0.1, 0.15) is 0 Å². The number of hydrogen-bond donors (Lipinski definition) is 1. The van der Waals surface area contributed by atoms with E-state index in [1.165, 1.54) is 31.2 Å². The molecule has 1 aliphatic heterocycles. The summed E-state index contributed by atoms with van der Waals surface area (Å²) < 4.78 is 0. The van der Waals surface area contributed by atoms with Crippen LogP contribution in [-0.2, 0) is 6.54 Å². The topological polar surface area (TPSA) is 41.6 Å². The smallest absolute Gasteiger partial charge is 0.192 e. The summed E-state index contributed by atoms with van der Waals surface area (Å²) in [6.07, 6.45) is 4.94. The summed E-state index contributed by atoms with van der Waals surface area (Å²) in [6, 6.07) is 10.6. The summed E-state index contributed by atoms with van der Waals surface area (Å²) in [5, 5.41) is 0. The van der Waals surface area contributed by atoms with Crippen LogP contribution in [0, 0.1) is 5.41 Å². The van der Waals surface area contributed by atoms with Crippen LogP contribution in [-0.4, -0.2) is 22.9 Å². The van der Waals surface area contributed by atoms with E-state index < -0.39 is 0 Å². The molecule has 0 unspecified atom stereocenters. The van der Waals surface area contributed by atoms with Gasteiger partial charge in [0, 0.05) is 6.54 Å². The first-order valence-electron chi connectivity index (χ1n) is 7.62. The Morgan fingerprint density at radius 2 is 1.75 bits per heavy atom. The lowest BCUT2D eigenvalue weighted by Crippen LogP contribution is -2.53. The Morgan fingerprint density at radius 3 is 2.40 bits per heavy atom. The molecule has 3 heteroatoms. The van der Waals surface area contributed by atoms with Gasteiger partial charge in [-0.05, 0) is 36.7 Å². The highest BCUT2D eigenvalue weighted by Crippen LogP contribution is 2.45. The van der Waals surface area contributed by atoms with Crippen LogP contribution in [0.3, 0.4) is 0 Å². The van der Waals surface area contributed by atoms with E-state index in [9.17, 15) is 0 Å². The lowest BCUT2D eigenvalue weighted by Gasteiger charge is -2.46. The molecule has 0 aromatic heterocycles. The molecular formula is C17H25N3. The van der Waals surface area contributed by atoms with Gasteiger partial charge >= 0.3 is 0 Å². The van der Waals surface area contributed by atoms with Gasteiger partial charge in [-0.25, -0.2) is 0 Å². The van der Waals surface area contributed by atoms with Crippen LogP contribution in [0.2, 0.25) is 0 Å². The van der Waals surface area contributed by atoms with Crippen molar-refractivity contribution in [3.05, 3.63) is 35.9 Å². The number of nitrogens with two attached hydrogens (primary N) is 1. The maximum Gasteiger partial charge on any atom is 0.192 e. The highest BCUT2D eigenvalue weighted by atomic mass is 15.4. The van der Waals surface area contributed by atoms with Gasteiger partial charge in [0.25, 0.3) is 0 Å². The number of guanidine groups is 1. The van der Waals surface area contributed by atoms with E-state index in [2.05, 4.69) is 54.1 Å². The molecule has 2 aliphatic rings. The van der Waals surface area contributed by atoms with E-state index in [1.54, 1.807) is 0 Å². The molecule has 1 aromatic rings. The van der Waals surface area contributed by atoms with Crippen molar-refractivity contribution in [2.45, 2.75) is 51.6 Å². The fourth-order valence-corrected chi connectivity index (χ4v) is 3.48. The van der Waals surface area contributed by atoms with E-state index in [4.69, 9.17) is 5.73 Å². The summed E-state index contributed by atoms with van der Waals surface area (Å²) in [6.45, 7) is 6.51. The molecule has 0 radical (unpaired) electrons. The minimum absolute atomic E-state index is 0.176. The molecule has 3 rings (SSSR count). The third kappa shape index (κ3) is 2.41. The summed E-state index contributed by atoms with van der Waals surface area (Å²) in [4.78, 5) is 6.92. The zero-order valence-electron chi connectivity index (χ0n) is 12.6. The molecular weight excluding hydrogens is 246 g/mol. The third-order valence-electron chi connectivity index (χ3n) is 5.10. The summed E-state index contributed by atoms with van der Waals surface area (Å²) in [5.74, 6) is 0.730. The molecule has 1 spiro atoms. The molecule has 2 N–H and O–H groups in total. The number of aliphatic imine (C=N–C) groups is 1. The highest BCUT2D eigenvalue weighted by Gasteiger charge is 2.46. The maximum atomic E-state index is 6.18. The maximum absolute atomic E-state index is 6.18. The van der Waals surface area contributed by atoms with Gasteiger partial charge in [-0.2, -0.15) is 0 Å². The standard InChI is InChI=1S/C17H25N3/c1-16(2)8-10-17(11-9-16)13-19-15(18)20(17)12-14-6-4-3-5-7-14/h3-7H,8-13H2,1-2H3,(H2,18,19). The monoisotopic (exact) mass is 271 g/mol. The summed E-state index contributed by atoms with van der Waals surface area (Å²) in [5.41, 5.74) is 8.14. The Bertz CT molecular complexity index is 494. The molecule has 0 saturated heterocycles. The lowest BCUT2D eigenvalue weighted by molar-refractivity contribution is 0.0789. The van der Waals surface area contributed by atoms with Crippen molar-refractivity contribution >= 4 is 5.96 Å². The van der Waals surface area contributed by atoms with Crippen LogP contribution in [0.4, 0.5) is 0 Å². The molecule has 1 heterocycles. The van der Waals surface area contributed by atoms with Gasteiger partial charge in [-0.1, -0.05) is 44.2 Å². The van der Waals surface area contributed by atoms with E-state index in [-0.39, 0.29) is 5.54 Å². The van der Waals surface area contributed by atoms with Crippen molar-refractivity contribution in [3.63, 3.8) is 0 Å². The molecule has 1 fully saturated rings. The average molecular weight is 271 g/mol. The highest BCUT2D eigenvalue weighted by molar-refractivity contribution is 5.81. The summed E-state index contributed by atoms with van der Waals surface area (Å²) >= 11 is 0. The number of benzene rings is 1. The Kier molecular flexibility index (Phi) is 3.23. The van der Waals surface area contributed by atoms with Crippen molar-refractivity contribution in [1.29, 1.82) is 0 Å². The van der Waals surface area contributed by atoms with Gasteiger partial charge in [0.05, 0.1) is 12.1 Å². The predicted molar refractivity (Wildman–Crippen MR) is 83.5 cm³/mol. The Balaban J connectivity index is 1.79. The Labute approximate surface area is 121 Å². The second-order valence-electron chi connectivity index (χ2n) is 7.13. The molecule has 0 amide bonds. The molecule has 3 nitrogen and oxygen atoms in total. The SMILES string of the molecule is CC1(C)CCC2(CC1)CN=C(N)N2Cc1ccccc1. The first-order valence-corrected chi connectivity index (χ1v) is 7.62. The molecule has 0 bridgehead atoms. The van der Waals surface area contributed by atoms with E-state index in [0.29, 0.717) is 5.41 Å². The van der Waals surface area contributed by atoms with Crippen molar-refractivity contribution in [2.75, 3.05) is 6.54 Å². The second-order valence-corrected chi connectivity index (χ2v) is 7.13. The molecule has 108 valence electrons. The van der Waals surface area contributed by atoms with Crippen LogP contribution in [0.1, 0.15) is 45.1 Å². The average Bonchev–Trinajstić information content (AvgIpc) is 2.74. The largest absolute Gasteiger partial charge is 0.370 e. The van der Waals surface area contributed by atoms with Crippen molar-refractivity contribution < 1.29 is 0 Å². The van der Waals surface area contributed by atoms with Crippen LogP contribution in [0.5, 0.6) is 0 Å². The van der Waals surface area contributed by atoms with Gasteiger partial charge in [0.15, 0.2) is 5.96 Å². The van der Waals surface area contributed by atoms with Crippen LogP contribution >= 0.6 is 0 Å². The molecule has 1 aromatic carbocycles. The first kappa shape index (κ1) is 13.5. The van der Waals surface area contributed by atoms with Crippen molar-refractivity contribution in [2.24, 2.45) is 16.1 Å². The van der Waals surface area contributed by atoms with Crippen molar-refractivity contribution in [1.82, 2.24) is 4.90 Å². The molecule has 20 heavy (non-hydrogen) atoms. The van der Waals surface area contributed by atoms with E-state index >= 15 is 0 Å².